The number of benzene rings is 1. The number of carboxylic acids is 1. The summed E-state index contributed by atoms with van der Waals surface area (Å²) in [6, 6.07) is 7.34. The molecule has 0 radical (unpaired) electrons. The van der Waals surface area contributed by atoms with Crippen LogP contribution in [0.1, 0.15) is 6.92 Å². The lowest BCUT2D eigenvalue weighted by Crippen LogP contribution is -2.32. The molecular weight excluding hydrogens is 324 g/mol. The predicted octanol–water partition coefficient (Wildman–Crippen LogP) is 2.04. The molecule has 1 aromatic carbocycles. The molecule has 6 heteroatoms. The summed E-state index contributed by atoms with van der Waals surface area (Å²) < 4.78 is 0.952. The molecule has 0 spiro atoms. The van der Waals surface area contributed by atoms with E-state index < -0.39 is 5.97 Å². The maximum absolute atomic E-state index is 11.9. The average molecular weight is 341 g/mol. The van der Waals surface area contributed by atoms with Crippen LogP contribution in [0, 0.1) is 11.8 Å². The molecule has 1 amide bonds. The number of hydrogen-bond donors (Lipinski definition) is 2. The highest BCUT2D eigenvalue weighted by Gasteiger charge is 2.35. The largest absolute Gasteiger partial charge is 0.481 e. The molecule has 20 heavy (non-hydrogen) atoms. The number of amides is 1. The first-order valence-electron chi connectivity index (χ1n) is 6.46. The van der Waals surface area contributed by atoms with Gasteiger partial charge in [-0.15, -0.1) is 0 Å². The second-order valence-corrected chi connectivity index (χ2v) is 6.09. The maximum Gasteiger partial charge on any atom is 0.308 e. The Labute approximate surface area is 126 Å². The Morgan fingerprint density at radius 1 is 1.35 bits per heavy atom. The molecule has 1 aromatic rings. The summed E-state index contributed by atoms with van der Waals surface area (Å²) in [5.74, 6) is -1.21. The number of likely N-dealkylation sites (tertiary alicyclic amines) is 1. The van der Waals surface area contributed by atoms with Gasteiger partial charge in [-0.25, -0.2) is 0 Å². The molecule has 2 atom stereocenters. The van der Waals surface area contributed by atoms with Gasteiger partial charge in [0.2, 0.25) is 5.91 Å². The third kappa shape index (κ3) is 3.80. The van der Waals surface area contributed by atoms with Gasteiger partial charge < -0.3 is 10.4 Å². The average Bonchev–Trinajstić information content (AvgIpc) is 2.73. The van der Waals surface area contributed by atoms with Crippen molar-refractivity contribution in [2.24, 2.45) is 11.8 Å². The molecule has 1 saturated heterocycles. The van der Waals surface area contributed by atoms with Crippen LogP contribution in [0.3, 0.4) is 0 Å². The van der Waals surface area contributed by atoms with Gasteiger partial charge in [0.05, 0.1) is 12.5 Å². The van der Waals surface area contributed by atoms with Crippen LogP contribution in [-0.2, 0) is 9.59 Å². The third-order valence-electron chi connectivity index (χ3n) is 3.50. The summed E-state index contributed by atoms with van der Waals surface area (Å²) in [6.07, 6.45) is 0. The van der Waals surface area contributed by atoms with Crippen LogP contribution < -0.4 is 5.32 Å². The molecule has 2 rings (SSSR count). The van der Waals surface area contributed by atoms with Gasteiger partial charge in [0.15, 0.2) is 0 Å². The number of anilines is 1. The van der Waals surface area contributed by atoms with Crippen LogP contribution in [0.5, 0.6) is 0 Å². The van der Waals surface area contributed by atoms with E-state index in [1.165, 1.54) is 0 Å². The highest BCUT2D eigenvalue weighted by atomic mass is 79.9. The van der Waals surface area contributed by atoms with Gasteiger partial charge >= 0.3 is 5.97 Å². The number of carbonyl (C=O) groups excluding carboxylic acids is 1. The van der Waals surface area contributed by atoms with E-state index in [0.29, 0.717) is 13.1 Å². The molecule has 1 fully saturated rings. The van der Waals surface area contributed by atoms with Gasteiger partial charge in [0, 0.05) is 23.2 Å². The number of hydrogen-bond acceptors (Lipinski definition) is 3. The summed E-state index contributed by atoms with van der Waals surface area (Å²) in [5, 5.41) is 11.9. The Morgan fingerprint density at radius 2 is 2.00 bits per heavy atom. The van der Waals surface area contributed by atoms with Crippen LogP contribution in [0.4, 0.5) is 5.69 Å². The van der Waals surface area contributed by atoms with Crippen molar-refractivity contribution in [3.05, 3.63) is 28.7 Å². The Bertz CT molecular complexity index is 504. The van der Waals surface area contributed by atoms with Crippen LogP contribution in [-0.4, -0.2) is 41.5 Å². The van der Waals surface area contributed by atoms with Crippen LogP contribution in [0.25, 0.3) is 0 Å². The zero-order valence-corrected chi connectivity index (χ0v) is 12.8. The number of nitrogens with one attached hydrogen (secondary N) is 1. The normalized spacial score (nSPS) is 22.7. The van der Waals surface area contributed by atoms with Crippen molar-refractivity contribution in [3.8, 4) is 0 Å². The smallest absolute Gasteiger partial charge is 0.308 e. The first-order chi connectivity index (χ1) is 9.45. The Hall–Kier alpha value is -1.40. The first-order valence-corrected chi connectivity index (χ1v) is 7.25. The van der Waals surface area contributed by atoms with E-state index in [4.69, 9.17) is 5.11 Å². The fourth-order valence-corrected chi connectivity index (χ4v) is 2.72. The van der Waals surface area contributed by atoms with E-state index in [9.17, 15) is 9.59 Å². The molecule has 0 aromatic heterocycles. The zero-order valence-electron chi connectivity index (χ0n) is 11.2. The fraction of sp³-hybridized carbons (Fsp3) is 0.429. The van der Waals surface area contributed by atoms with E-state index in [-0.39, 0.29) is 24.3 Å². The van der Waals surface area contributed by atoms with Crippen molar-refractivity contribution in [1.29, 1.82) is 0 Å². The quantitative estimate of drug-likeness (QED) is 0.879. The molecule has 2 N–H and O–H groups in total. The summed E-state index contributed by atoms with van der Waals surface area (Å²) in [4.78, 5) is 24.8. The number of rotatable bonds is 4. The molecule has 0 bridgehead atoms. The molecule has 1 heterocycles. The van der Waals surface area contributed by atoms with E-state index >= 15 is 0 Å². The lowest BCUT2D eigenvalue weighted by atomic mass is 9.99. The van der Waals surface area contributed by atoms with Crippen molar-refractivity contribution in [2.45, 2.75) is 6.92 Å². The minimum absolute atomic E-state index is 0.0768. The second-order valence-electron chi connectivity index (χ2n) is 5.17. The van der Waals surface area contributed by atoms with Crippen LogP contribution >= 0.6 is 15.9 Å². The summed E-state index contributed by atoms with van der Waals surface area (Å²) in [5.41, 5.74) is 0.736. The van der Waals surface area contributed by atoms with Gasteiger partial charge in [-0.05, 0) is 30.2 Å². The summed E-state index contributed by atoms with van der Waals surface area (Å²) in [7, 11) is 0. The lowest BCUT2D eigenvalue weighted by molar-refractivity contribution is -0.142. The monoisotopic (exact) mass is 340 g/mol. The second kappa shape index (κ2) is 6.37. The van der Waals surface area contributed by atoms with Crippen molar-refractivity contribution in [3.63, 3.8) is 0 Å². The van der Waals surface area contributed by atoms with Crippen molar-refractivity contribution >= 4 is 33.5 Å². The first kappa shape index (κ1) is 15.0. The number of aliphatic carboxylic acids is 1. The van der Waals surface area contributed by atoms with Gasteiger partial charge in [-0.2, -0.15) is 0 Å². The Kier molecular flexibility index (Phi) is 4.77. The van der Waals surface area contributed by atoms with Gasteiger partial charge in [0.1, 0.15) is 0 Å². The molecule has 0 saturated carbocycles. The van der Waals surface area contributed by atoms with Crippen molar-refractivity contribution in [2.75, 3.05) is 25.0 Å². The highest BCUT2D eigenvalue weighted by molar-refractivity contribution is 9.10. The molecule has 0 unspecified atom stereocenters. The molecule has 1 aliphatic heterocycles. The molecule has 5 nitrogen and oxygen atoms in total. The molecule has 0 aliphatic carbocycles. The lowest BCUT2D eigenvalue weighted by Gasteiger charge is -2.14. The van der Waals surface area contributed by atoms with Crippen LogP contribution in [0.15, 0.2) is 28.7 Å². The number of halogens is 1. The SMILES string of the molecule is C[C@@H]1CN(CC(=O)Nc2ccc(Br)cc2)C[C@H]1C(=O)O. The third-order valence-corrected chi connectivity index (χ3v) is 4.03. The summed E-state index contributed by atoms with van der Waals surface area (Å²) >= 11 is 3.33. The topological polar surface area (TPSA) is 69.6 Å². The summed E-state index contributed by atoms with van der Waals surface area (Å²) in [6.45, 7) is 3.21. The molecular formula is C14H17BrN2O3. The zero-order chi connectivity index (χ0) is 14.7. The van der Waals surface area contributed by atoms with E-state index in [1.54, 1.807) is 0 Å². The van der Waals surface area contributed by atoms with E-state index in [0.717, 1.165) is 10.2 Å². The van der Waals surface area contributed by atoms with Crippen molar-refractivity contribution in [1.82, 2.24) is 4.90 Å². The van der Waals surface area contributed by atoms with Crippen LogP contribution in [0.2, 0.25) is 0 Å². The predicted molar refractivity (Wildman–Crippen MR) is 79.5 cm³/mol. The highest BCUT2D eigenvalue weighted by Crippen LogP contribution is 2.23. The molecule has 108 valence electrons. The maximum atomic E-state index is 11.9. The number of carboxylic acid groups (broad SMARTS) is 1. The number of nitrogens with zero attached hydrogens (tertiary/aromatic N) is 1. The number of carbonyl (C=O) groups is 2. The van der Waals surface area contributed by atoms with Gasteiger partial charge in [0.25, 0.3) is 0 Å². The Morgan fingerprint density at radius 3 is 2.55 bits per heavy atom. The molecule has 1 aliphatic rings. The van der Waals surface area contributed by atoms with Crippen molar-refractivity contribution < 1.29 is 14.7 Å². The van der Waals surface area contributed by atoms with Gasteiger partial charge in [-0.1, -0.05) is 22.9 Å². The van der Waals surface area contributed by atoms with E-state index in [2.05, 4.69) is 21.2 Å². The Balaban J connectivity index is 1.86. The van der Waals surface area contributed by atoms with Gasteiger partial charge in [-0.3, -0.25) is 14.5 Å². The standard InChI is InChI=1S/C14H17BrN2O3/c1-9-6-17(7-12(9)14(19)20)8-13(18)16-11-4-2-10(15)3-5-11/h2-5,9,12H,6-8H2,1H3,(H,16,18)(H,19,20)/t9-,12-/m1/s1. The minimum Gasteiger partial charge on any atom is -0.481 e. The minimum atomic E-state index is -0.784. The van der Waals surface area contributed by atoms with E-state index in [1.807, 2.05) is 36.1 Å². The fourth-order valence-electron chi connectivity index (χ4n) is 2.45.